The van der Waals surface area contributed by atoms with Crippen molar-refractivity contribution in [3.8, 4) is 0 Å². The van der Waals surface area contributed by atoms with Crippen molar-refractivity contribution in [2.45, 2.75) is 31.3 Å². The molecule has 3 heterocycles. The van der Waals surface area contributed by atoms with Crippen LogP contribution in [0.1, 0.15) is 19.3 Å². The Labute approximate surface area is 148 Å². The number of rotatable bonds is 1. The fourth-order valence-electron chi connectivity index (χ4n) is 3.64. The molecule has 2 amide bonds. The van der Waals surface area contributed by atoms with Gasteiger partial charge in [-0.05, 0) is 36.6 Å². The lowest BCUT2D eigenvalue weighted by atomic mass is 9.97. The fraction of sp³-hybridized carbons (Fsp3) is 0.312. The van der Waals surface area contributed by atoms with Crippen LogP contribution in [0.15, 0.2) is 35.7 Å². The number of fused-ring (bicyclic) bond motifs is 3. The summed E-state index contributed by atoms with van der Waals surface area (Å²) in [6.07, 6.45) is 6.36. The molecule has 1 fully saturated rings. The smallest absolute Gasteiger partial charge is 0.314 e. The van der Waals surface area contributed by atoms with E-state index < -0.39 is 5.82 Å². The number of hydrogen-bond acceptors (Lipinski definition) is 3. The number of anilines is 1. The monoisotopic (exact) mass is 368 g/mol. The summed E-state index contributed by atoms with van der Waals surface area (Å²) in [6, 6.07) is 2.21. The van der Waals surface area contributed by atoms with Crippen molar-refractivity contribution in [2.75, 3.05) is 5.32 Å². The van der Waals surface area contributed by atoms with Crippen molar-refractivity contribution >= 4 is 34.9 Å². The molecular weight excluding hydrogens is 354 g/mol. The first-order valence-electron chi connectivity index (χ1n) is 7.69. The Morgan fingerprint density at radius 2 is 2.08 bits per heavy atom. The number of nitrogens with one attached hydrogen (secondary N) is 3. The molecule has 0 spiro atoms. The van der Waals surface area contributed by atoms with E-state index in [1.165, 1.54) is 6.07 Å². The maximum absolute atomic E-state index is 14.0. The number of carbonyl (C=O) groups is 1. The summed E-state index contributed by atoms with van der Waals surface area (Å²) < 4.78 is 14.0. The molecule has 3 aliphatic heterocycles. The number of carbonyl (C=O) groups excluding carboxylic acids is 1. The zero-order chi connectivity index (χ0) is 16.8. The van der Waals surface area contributed by atoms with Gasteiger partial charge in [0, 0.05) is 24.4 Å². The Morgan fingerprint density at radius 1 is 1.29 bits per heavy atom. The van der Waals surface area contributed by atoms with Crippen LogP contribution in [0, 0.1) is 5.82 Å². The lowest BCUT2D eigenvalue weighted by Gasteiger charge is -2.38. The minimum absolute atomic E-state index is 0.00423. The molecule has 0 aliphatic carbocycles. The van der Waals surface area contributed by atoms with E-state index >= 15 is 0 Å². The first-order chi connectivity index (χ1) is 11.5. The van der Waals surface area contributed by atoms with Gasteiger partial charge in [-0.25, -0.2) is 9.18 Å². The Morgan fingerprint density at radius 3 is 2.92 bits per heavy atom. The number of amides is 2. The SMILES string of the molecule is O=C(Nc1cc(Cl)c(Cl)cc1F)N1C2CCC1C1=C(C2)NNC=C1. The van der Waals surface area contributed by atoms with Crippen LogP contribution in [0.3, 0.4) is 0 Å². The number of hydrogen-bond donors (Lipinski definition) is 3. The van der Waals surface area contributed by atoms with E-state index in [9.17, 15) is 9.18 Å². The van der Waals surface area contributed by atoms with Gasteiger partial charge in [-0.2, -0.15) is 0 Å². The lowest BCUT2D eigenvalue weighted by molar-refractivity contribution is 0.186. The molecule has 1 saturated heterocycles. The highest BCUT2D eigenvalue weighted by Gasteiger charge is 2.43. The predicted molar refractivity (Wildman–Crippen MR) is 91.1 cm³/mol. The molecular formula is C16H15Cl2FN4O. The molecule has 1 aromatic carbocycles. The molecule has 3 N–H and O–H groups in total. The van der Waals surface area contributed by atoms with E-state index in [1.807, 2.05) is 12.3 Å². The molecule has 0 saturated carbocycles. The first kappa shape index (κ1) is 15.6. The molecule has 3 aliphatic rings. The molecule has 0 aromatic heterocycles. The standard InChI is InChI=1S/C16H15Cl2FN4O/c17-10-6-12(19)14(7-11(10)18)21-16(24)23-8-1-2-15(23)9-3-4-20-22-13(9)5-8/h3-4,6-8,15,20,22H,1-2,5H2,(H,21,24). The number of urea groups is 1. The minimum Gasteiger partial charge on any atom is -0.314 e. The molecule has 2 bridgehead atoms. The third kappa shape index (κ3) is 2.50. The molecule has 126 valence electrons. The Kier molecular flexibility index (Phi) is 3.81. The lowest BCUT2D eigenvalue weighted by Crippen LogP contribution is -2.50. The molecule has 2 atom stereocenters. The van der Waals surface area contributed by atoms with Crippen LogP contribution < -0.4 is 16.2 Å². The molecule has 4 rings (SSSR count). The maximum atomic E-state index is 14.0. The predicted octanol–water partition coefficient (Wildman–Crippen LogP) is 3.78. The normalized spacial score (nSPS) is 24.4. The van der Waals surface area contributed by atoms with Crippen LogP contribution in [-0.2, 0) is 0 Å². The summed E-state index contributed by atoms with van der Waals surface area (Å²) in [5, 5.41) is 2.95. The van der Waals surface area contributed by atoms with Gasteiger partial charge in [0.1, 0.15) is 5.82 Å². The first-order valence-corrected chi connectivity index (χ1v) is 8.45. The van der Waals surface area contributed by atoms with Crippen LogP contribution in [0.5, 0.6) is 0 Å². The maximum Gasteiger partial charge on any atom is 0.322 e. The van der Waals surface area contributed by atoms with Crippen molar-refractivity contribution < 1.29 is 9.18 Å². The minimum atomic E-state index is -0.606. The number of halogens is 3. The van der Waals surface area contributed by atoms with Crippen molar-refractivity contribution in [1.29, 1.82) is 0 Å². The molecule has 2 unspecified atom stereocenters. The molecule has 24 heavy (non-hydrogen) atoms. The second-order valence-corrected chi connectivity index (χ2v) is 6.89. The van der Waals surface area contributed by atoms with Crippen molar-refractivity contribution in [2.24, 2.45) is 0 Å². The molecule has 8 heteroatoms. The van der Waals surface area contributed by atoms with Gasteiger partial charge >= 0.3 is 6.03 Å². The second kappa shape index (κ2) is 5.86. The van der Waals surface area contributed by atoms with E-state index in [-0.39, 0.29) is 33.8 Å². The van der Waals surface area contributed by atoms with Gasteiger partial charge in [0.2, 0.25) is 0 Å². The van der Waals surface area contributed by atoms with Crippen molar-refractivity contribution in [3.63, 3.8) is 0 Å². The van der Waals surface area contributed by atoms with E-state index in [0.29, 0.717) is 0 Å². The van der Waals surface area contributed by atoms with Crippen LogP contribution in [0.2, 0.25) is 10.0 Å². The molecule has 1 aromatic rings. The summed E-state index contributed by atoms with van der Waals surface area (Å²) in [5.41, 5.74) is 8.38. The van der Waals surface area contributed by atoms with E-state index in [4.69, 9.17) is 23.2 Å². The van der Waals surface area contributed by atoms with Crippen LogP contribution >= 0.6 is 23.2 Å². The van der Waals surface area contributed by atoms with Crippen LogP contribution in [0.4, 0.5) is 14.9 Å². The van der Waals surface area contributed by atoms with Crippen LogP contribution in [0.25, 0.3) is 0 Å². The molecule has 5 nitrogen and oxygen atoms in total. The van der Waals surface area contributed by atoms with Gasteiger partial charge in [0.15, 0.2) is 0 Å². The van der Waals surface area contributed by atoms with Gasteiger partial charge in [-0.15, -0.1) is 0 Å². The van der Waals surface area contributed by atoms with E-state index in [0.717, 1.165) is 36.6 Å². The van der Waals surface area contributed by atoms with E-state index in [2.05, 4.69) is 16.2 Å². The Bertz CT molecular complexity index is 780. The van der Waals surface area contributed by atoms with E-state index in [1.54, 1.807) is 4.90 Å². The number of hydrazine groups is 1. The highest BCUT2D eigenvalue weighted by molar-refractivity contribution is 6.42. The van der Waals surface area contributed by atoms with Crippen molar-refractivity contribution in [1.82, 2.24) is 15.8 Å². The van der Waals surface area contributed by atoms with Gasteiger partial charge in [-0.3, -0.25) is 0 Å². The third-order valence-corrected chi connectivity index (χ3v) is 5.43. The highest BCUT2D eigenvalue weighted by atomic mass is 35.5. The summed E-state index contributed by atoms with van der Waals surface area (Å²) >= 11 is 11.7. The third-order valence-electron chi connectivity index (χ3n) is 4.71. The zero-order valence-electron chi connectivity index (χ0n) is 12.6. The Hall–Kier alpha value is -1.92. The van der Waals surface area contributed by atoms with Gasteiger partial charge in [-0.1, -0.05) is 23.2 Å². The second-order valence-electron chi connectivity index (χ2n) is 6.07. The Balaban J connectivity index is 1.59. The molecule has 0 radical (unpaired) electrons. The largest absolute Gasteiger partial charge is 0.322 e. The van der Waals surface area contributed by atoms with Gasteiger partial charge in [0.25, 0.3) is 0 Å². The summed E-state index contributed by atoms with van der Waals surface area (Å²) in [7, 11) is 0. The summed E-state index contributed by atoms with van der Waals surface area (Å²) in [5.74, 6) is -0.606. The average Bonchev–Trinajstić information content (AvgIpc) is 2.88. The highest BCUT2D eigenvalue weighted by Crippen LogP contribution is 2.40. The quantitative estimate of drug-likeness (QED) is 0.661. The number of nitrogens with zero attached hydrogens (tertiary/aromatic N) is 1. The van der Waals surface area contributed by atoms with Gasteiger partial charge < -0.3 is 21.1 Å². The number of benzene rings is 1. The van der Waals surface area contributed by atoms with Gasteiger partial charge in [0.05, 0.1) is 21.8 Å². The zero-order valence-corrected chi connectivity index (χ0v) is 14.1. The van der Waals surface area contributed by atoms with Crippen molar-refractivity contribution in [3.05, 3.63) is 51.5 Å². The van der Waals surface area contributed by atoms with Crippen LogP contribution in [-0.4, -0.2) is 23.0 Å². The fourth-order valence-corrected chi connectivity index (χ4v) is 3.96. The average molecular weight is 369 g/mol. The summed E-state index contributed by atoms with van der Waals surface area (Å²) in [6.45, 7) is 0. The topological polar surface area (TPSA) is 56.4 Å². The summed E-state index contributed by atoms with van der Waals surface area (Å²) in [4.78, 5) is 14.5.